The number of likely N-dealkylation sites (N-methyl/N-ethyl adjacent to an activating group) is 1. The number of hydrogen-bond acceptors (Lipinski definition) is 4. The van der Waals surface area contributed by atoms with Crippen LogP contribution in [0.3, 0.4) is 0 Å². The molecule has 2 aromatic rings. The normalized spacial score (nSPS) is 11.8. The third-order valence-electron chi connectivity index (χ3n) is 2.79. The van der Waals surface area contributed by atoms with E-state index >= 15 is 0 Å². The van der Waals surface area contributed by atoms with Crippen LogP contribution in [0.25, 0.3) is 10.2 Å². The molecule has 0 radical (unpaired) electrons. The van der Waals surface area contributed by atoms with Crippen molar-refractivity contribution in [2.75, 3.05) is 20.1 Å². The van der Waals surface area contributed by atoms with Gasteiger partial charge in [0.1, 0.15) is 5.01 Å². The summed E-state index contributed by atoms with van der Waals surface area (Å²) < 4.78 is 1.28. The second-order valence-corrected chi connectivity index (χ2v) is 6.04. The van der Waals surface area contributed by atoms with Gasteiger partial charge in [-0.05, 0) is 19.2 Å². The Balaban J connectivity index is 1.88. The van der Waals surface area contributed by atoms with Gasteiger partial charge < -0.3 is 5.32 Å². The standard InChI is InChI=1S/C14H21N3S/c1-11(2)15-8-9-17(3)10-14-16-12-6-4-5-7-13(12)18-14/h4-7,11,15H,8-10H2,1-3H3. The summed E-state index contributed by atoms with van der Waals surface area (Å²) in [5, 5.41) is 4.63. The fourth-order valence-electron chi connectivity index (χ4n) is 1.84. The van der Waals surface area contributed by atoms with Gasteiger partial charge in [-0.25, -0.2) is 4.98 Å². The molecule has 1 heterocycles. The molecule has 18 heavy (non-hydrogen) atoms. The van der Waals surface area contributed by atoms with Crippen LogP contribution in [0.1, 0.15) is 18.9 Å². The molecule has 0 fully saturated rings. The van der Waals surface area contributed by atoms with Crippen LogP contribution in [0.2, 0.25) is 0 Å². The highest BCUT2D eigenvalue weighted by molar-refractivity contribution is 7.18. The van der Waals surface area contributed by atoms with Crippen LogP contribution < -0.4 is 5.32 Å². The van der Waals surface area contributed by atoms with Crippen molar-refractivity contribution in [2.45, 2.75) is 26.4 Å². The molecule has 1 N–H and O–H groups in total. The van der Waals surface area contributed by atoms with Gasteiger partial charge in [0.2, 0.25) is 0 Å². The topological polar surface area (TPSA) is 28.2 Å². The van der Waals surface area contributed by atoms with E-state index in [0.29, 0.717) is 6.04 Å². The Kier molecular flexibility index (Phi) is 4.69. The smallest absolute Gasteiger partial charge is 0.108 e. The summed E-state index contributed by atoms with van der Waals surface area (Å²) in [4.78, 5) is 6.96. The van der Waals surface area contributed by atoms with E-state index < -0.39 is 0 Å². The highest BCUT2D eigenvalue weighted by atomic mass is 32.1. The van der Waals surface area contributed by atoms with Crippen LogP contribution in [-0.4, -0.2) is 36.1 Å². The molecule has 1 aromatic carbocycles. The summed E-state index contributed by atoms with van der Waals surface area (Å²) in [6.07, 6.45) is 0. The summed E-state index contributed by atoms with van der Waals surface area (Å²) in [6.45, 7) is 7.35. The van der Waals surface area contributed by atoms with E-state index in [2.05, 4.69) is 54.3 Å². The number of nitrogens with one attached hydrogen (secondary N) is 1. The monoisotopic (exact) mass is 263 g/mol. The minimum atomic E-state index is 0.556. The van der Waals surface area contributed by atoms with Gasteiger partial charge in [0.25, 0.3) is 0 Å². The highest BCUT2D eigenvalue weighted by Crippen LogP contribution is 2.22. The van der Waals surface area contributed by atoms with E-state index in [1.165, 1.54) is 9.71 Å². The van der Waals surface area contributed by atoms with E-state index in [1.807, 2.05) is 6.07 Å². The largest absolute Gasteiger partial charge is 0.313 e. The van der Waals surface area contributed by atoms with Crippen molar-refractivity contribution in [1.29, 1.82) is 0 Å². The van der Waals surface area contributed by atoms with Crippen molar-refractivity contribution in [3.05, 3.63) is 29.3 Å². The maximum Gasteiger partial charge on any atom is 0.108 e. The number of para-hydroxylation sites is 1. The molecular weight excluding hydrogens is 242 g/mol. The van der Waals surface area contributed by atoms with E-state index in [4.69, 9.17) is 0 Å². The van der Waals surface area contributed by atoms with Crippen LogP contribution in [0.5, 0.6) is 0 Å². The lowest BCUT2D eigenvalue weighted by Crippen LogP contribution is -2.32. The molecule has 0 aliphatic heterocycles. The van der Waals surface area contributed by atoms with Crippen LogP contribution in [-0.2, 0) is 6.54 Å². The number of hydrogen-bond donors (Lipinski definition) is 1. The maximum atomic E-state index is 4.65. The summed E-state index contributed by atoms with van der Waals surface area (Å²) >= 11 is 1.79. The second-order valence-electron chi connectivity index (χ2n) is 4.92. The second kappa shape index (κ2) is 6.27. The number of rotatable bonds is 6. The quantitative estimate of drug-likeness (QED) is 0.868. The van der Waals surface area contributed by atoms with Gasteiger partial charge in [0, 0.05) is 19.1 Å². The predicted molar refractivity (Wildman–Crippen MR) is 79.1 cm³/mol. The van der Waals surface area contributed by atoms with Crippen molar-refractivity contribution >= 4 is 21.6 Å². The number of aromatic nitrogens is 1. The third-order valence-corrected chi connectivity index (χ3v) is 3.81. The van der Waals surface area contributed by atoms with E-state index in [-0.39, 0.29) is 0 Å². The van der Waals surface area contributed by atoms with Gasteiger partial charge >= 0.3 is 0 Å². The van der Waals surface area contributed by atoms with Gasteiger partial charge in [-0.15, -0.1) is 11.3 Å². The minimum absolute atomic E-state index is 0.556. The average molecular weight is 263 g/mol. The van der Waals surface area contributed by atoms with Crippen molar-refractivity contribution in [3.8, 4) is 0 Å². The molecule has 0 saturated carbocycles. The fourth-order valence-corrected chi connectivity index (χ4v) is 2.89. The number of benzene rings is 1. The van der Waals surface area contributed by atoms with Gasteiger partial charge in [-0.3, -0.25) is 4.90 Å². The first kappa shape index (κ1) is 13.5. The molecular formula is C14H21N3S. The van der Waals surface area contributed by atoms with Crippen molar-refractivity contribution in [1.82, 2.24) is 15.2 Å². The molecule has 0 unspecified atom stereocenters. The maximum absolute atomic E-state index is 4.65. The Morgan fingerprint density at radius 3 is 2.83 bits per heavy atom. The Bertz CT molecular complexity index is 459. The SMILES string of the molecule is CC(C)NCCN(C)Cc1nc2ccccc2s1. The third kappa shape index (κ3) is 3.77. The fraction of sp³-hybridized carbons (Fsp3) is 0.500. The Morgan fingerprint density at radius 2 is 2.11 bits per heavy atom. The molecule has 0 spiro atoms. The molecule has 0 aliphatic rings. The lowest BCUT2D eigenvalue weighted by molar-refractivity contribution is 0.320. The van der Waals surface area contributed by atoms with Crippen LogP contribution in [0.15, 0.2) is 24.3 Å². The summed E-state index contributed by atoms with van der Waals surface area (Å²) in [5.41, 5.74) is 1.12. The molecule has 2 rings (SSSR count). The minimum Gasteiger partial charge on any atom is -0.313 e. The Morgan fingerprint density at radius 1 is 1.33 bits per heavy atom. The number of nitrogens with zero attached hydrogens (tertiary/aromatic N) is 2. The van der Waals surface area contributed by atoms with Crippen molar-refractivity contribution in [3.63, 3.8) is 0 Å². The zero-order valence-corrected chi connectivity index (χ0v) is 12.1. The lowest BCUT2D eigenvalue weighted by atomic mass is 10.3. The molecule has 0 amide bonds. The van der Waals surface area contributed by atoms with E-state index in [9.17, 15) is 0 Å². The van der Waals surface area contributed by atoms with Gasteiger partial charge in [0.15, 0.2) is 0 Å². The summed E-state index contributed by atoms with van der Waals surface area (Å²) in [5.74, 6) is 0. The van der Waals surface area contributed by atoms with Crippen LogP contribution in [0.4, 0.5) is 0 Å². The van der Waals surface area contributed by atoms with Gasteiger partial charge in [-0.1, -0.05) is 26.0 Å². The van der Waals surface area contributed by atoms with Crippen molar-refractivity contribution < 1.29 is 0 Å². The number of thiazole rings is 1. The first-order chi connectivity index (χ1) is 8.65. The van der Waals surface area contributed by atoms with Crippen LogP contribution in [0, 0.1) is 0 Å². The van der Waals surface area contributed by atoms with E-state index in [0.717, 1.165) is 25.2 Å². The summed E-state index contributed by atoms with van der Waals surface area (Å²) in [6, 6.07) is 8.88. The lowest BCUT2D eigenvalue weighted by Gasteiger charge is -2.16. The molecule has 3 nitrogen and oxygen atoms in total. The highest BCUT2D eigenvalue weighted by Gasteiger charge is 2.06. The zero-order valence-electron chi connectivity index (χ0n) is 11.3. The molecule has 98 valence electrons. The zero-order chi connectivity index (χ0) is 13.0. The van der Waals surface area contributed by atoms with Crippen molar-refractivity contribution in [2.24, 2.45) is 0 Å². The first-order valence-corrected chi connectivity index (χ1v) is 7.23. The average Bonchev–Trinajstić information content (AvgIpc) is 2.70. The first-order valence-electron chi connectivity index (χ1n) is 6.41. The van der Waals surface area contributed by atoms with E-state index in [1.54, 1.807) is 11.3 Å². The molecule has 0 bridgehead atoms. The number of fused-ring (bicyclic) bond motifs is 1. The molecule has 0 saturated heterocycles. The summed E-state index contributed by atoms with van der Waals surface area (Å²) in [7, 11) is 2.15. The molecule has 0 aliphatic carbocycles. The Hall–Kier alpha value is -0.970. The molecule has 0 atom stereocenters. The van der Waals surface area contributed by atoms with Gasteiger partial charge in [-0.2, -0.15) is 0 Å². The van der Waals surface area contributed by atoms with Crippen LogP contribution >= 0.6 is 11.3 Å². The van der Waals surface area contributed by atoms with Gasteiger partial charge in [0.05, 0.1) is 16.8 Å². The molecule has 4 heteroatoms. The predicted octanol–water partition coefficient (Wildman–Crippen LogP) is 2.73. The molecule has 1 aromatic heterocycles. The Labute approximate surface area is 113 Å².